The second-order valence-electron chi connectivity index (χ2n) is 5.05. The number of hydrogen-bond acceptors (Lipinski definition) is 5. The summed E-state index contributed by atoms with van der Waals surface area (Å²) in [7, 11) is 0. The molecule has 1 aromatic heterocycles. The first-order valence-corrected chi connectivity index (χ1v) is 6.51. The lowest BCUT2D eigenvalue weighted by Crippen LogP contribution is -2.20. The number of aromatic nitrogens is 2. The molecule has 19 heavy (non-hydrogen) atoms. The van der Waals surface area contributed by atoms with Gasteiger partial charge in [0.05, 0.1) is 12.5 Å². The lowest BCUT2D eigenvalue weighted by Gasteiger charge is -2.22. The Bertz CT molecular complexity index is 565. The SMILES string of the molecule is CC(N)Cc1nc(C2COc3ccccc3C2)no1. The minimum atomic E-state index is 0.0247. The highest BCUT2D eigenvalue weighted by atomic mass is 16.5. The van der Waals surface area contributed by atoms with E-state index in [1.165, 1.54) is 5.56 Å². The average molecular weight is 259 g/mol. The van der Waals surface area contributed by atoms with E-state index in [1.54, 1.807) is 0 Å². The molecule has 0 bridgehead atoms. The van der Waals surface area contributed by atoms with Crippen LogP contribution in [0.1, 0.15) is 30.1 Å². The zero-order valence-electron chi connectivity index (χ0n) is 10.9. The number of nitrogens with zero attached hydrogens (tertiary/aromatic N) is 2. The highest BCUT2D eigenvalue weighted by Gasteiger charge is 2.25. The Kier molecular flexibility index (Phi) is 3.21. The predicted octanol–water partition coefficient (Wildman–Crippen LogP) is 1.68. The van der Waals surface area contributed by atoms with Crippen LogP contribution in [0.15, 0.2) is 28.8 Å². The summed E-state index contributed by atoms with van der Waals surface area (Å²) in [6.45, 7) is 2.51. The molecule has 1 aliphatic heterocycles. The fraction of sp³-hybridized carbons (Fsp3) is 0.429. The minimum absolute atomic E-state index is 0.0247. The van der Waals surface area contributed by atoms with Crippen molar-refractivity contribution in [3.05, 3.63) is 41.5 Å². The van der Waals surface area contributed by atoms with E-state index in [-0.39, 0.29) is 12.0 Å². The molecule has 100 valence electrons. The first-order valence-electron chi connectivity index (χ1n) is 6.51. The van der Waals surface area contributed by atoms with E-state index >= 15 is 0 Å². The van der Waals surface area contributed by atoms with E-state index in [1.807, 2.05) is 25.1 Å². The average Bonchev–Trinajstić information content (AvgIpc) is 2.86. The summed E-state index contributed by atoms with van der Waals surface area (Å²) in [5.41, 5.74) is 6.91. The van der Waals surface area contributed by atoms with Crippen molar-refractivity contribution >= 4 is 0 Å². The molecule has 0 spiro atoms. The van der Waals surface area contributed by atoms with Crippen LogP contribution in [-0.4, -0.2) is 22.8 Å². The third-order valence-corrected chi connectivity index (χ3v) is 3.22. The van der Waals surface area contributed by atoms with Gasteiger partial charge in [-0.2, -0.15) is 4.98 Å². The Labute approximate surface area is 111 Å². The molecule has 0 radical (unpaired) electrons. The van der Waals surface area contributed by atoms with Gasteiger partial charge in [0.2, 0.25) is 5.89 Å². The molecule has 0 saturated carbocycles. The van der Waals surface area contributed by atoms with Gasteiger partial charge in [0.15, 0.2) is 5.82 Å². The number of fused-ring (bicyclic) bond motifs is 1. The van der Waals surface area contributed by atoms with E-state index in [0.29, 0.717) is 24.7 Å². The monoisotopic (exact) mass is 259 g/mol. The van der Waals surface area contributed by atoms with Crippen molar-refractivity contribution < 1.29 is 9.26 Å². The van der Waals surface area contributed by atoms with Gasteiger partial charge in [-0.25, -0.2) is 0 Å². The third-order valence-electron chi connectivity index (χ3n) is 3.22. The van der Waals surface area contributed by atoms with E-state index in [4.69, 9.17) is 15.0 Å². The summed E-state index contributed by atoms with van der Waals surface area (Å²) in [6.07, 6.45) is 1.49. The van der Waals surface area contributed by atoms with Gasteiger partial charge in [0, 0.05) is 12.5 Å². The van der Waals surface area contributed by atoms with Crippen LogP contribution in [0.2, 0.25) is 0 Å². The standard InChI is InChI=1S/C14H17N3O2/c1-9(15)6-13-16-14(17-19-13)11-7-10-4-2-3-5-12(10)18-8-11/h2-5,9,11H,6-8,15H2,1H3. The van der Waals surface area contributed by atoms with E-state index in [0.717, 1.165) is 12.2 Å². The van der Waals surface area contributed by atoms with Gasteiger partial charge in [0.25, 0.3) is 0 Å². The van der Waals surface area contributed by atoms with Crippen LogP contribution in [0.3, 0.4) is 0 Å². The predicted molar refractivity (Wildman–Crippen MR) is 70.0 cm³/mol. The van der Waals surface area contributed by atoms with Crippen LogP contribution >= 0.6 is 0 Å². The third kappa shape index (κ3) is 2.61. The summed E-state index contributed by atoms with van der Waals surface area (Å²) in [4.78, 5) is 4.41. The summed E-state index contributed by atoms with van der Waals surface area (Å²) in [6, 6.07) is 8.08. The molecule has 0 aliphatic carbocycles. The van der Waals surface area contributed by atoms with Gasteiger partial charge in [-0.1, -0.05) is 23.4 Å². The molecular formula is C14H17N3O2. The van der Waals surface area contributed by atoms with Crippen LogP contribution < -0.4 is 10.5 Å². The molecule has 0 amide bonds. The van der Waals surface area contributed by atoms with Crippen LogP contribution in [0.5, 0.6) is 5.75 Å². The van der Waals surface area contributed by atoms with Crippen LogP contribution in [0.4, 0.5) is 0 Å². The molecule has 0 saturated heterocycles. The molecule has 1 aromatic carbocycles. The summed E-state index contributed by atoms with van der Waals surface area (Å²) < 4.78 is 11.0. The largest absolute Gasteiger partial charge is 0.493 e. The Morgan fingerprint density at radius 1 is 1.42 bits per heavy atom. The maximum absolute atomic E-state index is 5.73. The summed E-state index contributed by atoms with van der Waals surface area (Å²) in [5.74, 6) is 2.42. The van der Waals surface area contributed by atoms with E-state index in [9.17, 15) is 0 Å². The molecule has 5 nitrogen and oxygen atoms in total. The lowest BCUT2D eigenvalue weighted by molar-refractivity contribution is 0.253. The van der Waals surface area contributed by atoms with Crippen LogP contribution in [0.25, 0.3) is 0 Å². The smallest absolute Gasteiger partial charge is 0.228 e. The second-order valence-corrected chi connectivity index (χ2v) is 5.05. The number of benzene rings is 1. The van der Waals surface area contributed by atoms with Crippen LogP contribution in [-0.2, 0) is 12.8 Å². The van der Waals surface area contributed by atoms with Gasteiger partial charge in [-0.05, 0) is 25.0 Å². The van der Waals surface area contributed by atoms with Gasteiger partial charge in [0.1, 0.15) is 5.75 Å². The van der Waals surface area contributed by atoms with Gasteiger partial charge in [-0.3, -0.25) is 0 Å². The zero-order chi connectivity index (χ0) is 13.2. The lowest BCUT2D eigenvalue weighted by atomic mass is 9.96. The zero-order valence-corrected chi connectivity index (χ0v) is 10.9. The number of hydrogen-bond donors (Lipinski definition) is 1. The van der Waals surface area contributed by atoms with Gasteiger partial charge >= 0.3 is 0 Å². The van der Waals surface area contributed by atoms with E-state index < -0.39 is 0 Å². The number of rotatable bonds is 3. The molecule has 3 rings (SSSR count). The van der Waals surface area contributed by atoms with E-state index in [2.05, 4.69) is 16.2 Å². The van der Waals surface area contributed by atoms with Crippen molar-refractivity contribution in [1.29, 1.82) is 0 Å². The Morgan fingerprint density at radius 2 is 2.26 bits per heavy atom. The fourth-order valence-corrected chi connectivity index (χ4v) is 2.29. The van der Waals surface area contributed by atoms with Crippen molar-refractivity contribution in [3.8, 4) is 5.75 Å². The molecule has 1 aliphatic rings. The quantitative estimate of drug-likeness (QED) is 0.907. The maximum Gasteiger partial charge on any atom is 0.228 e. The fourth-order valence-electron chi connectivity index (χ4n) is 2.29. The second kappa shape index (κ2) is 5.01. The summed E-state index contributed by atoms with van der Waals surface area (Å²) in [5, 5.41) is 4.04. The maximum atomic E-state index is 5.73. The molecule has 5 heteroatoms. The highest BCUT2D eigenvalue weighted by Crippen LogP contribution is 2.30. The number of ether oxygens (including phenoxy) is 1. The molecule has 2 heterocycles. The molecule has 0 fully saturated rings. The van der Waals surface area contributed by atoms with Crippen molar-refractivity contribution in [3.63, 3.8) is 0 Å². The first-order chi connectivity index (χ1) is 9.22. The molecule has 2 atom stereocenters. The Balaban J connectivity index is 1.76. The van der Waals surface area contributed by atoms with Crippen molar-refractivity contribution in [2.45, 2.75) is 31.7 Å². The molecular weight excluding hydrogens is 242 g/mol. The van der Waals surface area contributed by atoms with Crippen molar-refractivity contribution in [1.82, 2.24) is 10.1 Å². The van der Waals surface area contributed by atoms with Gasteiger partial charge < -0.3 is 15.0 Å². The Morgan fingerprint density at radius 3 is 3.11 bits per heavy atom. The summed E-state index contributed by atoms with van der Waals surface area (Å²) >= 11 is 0. The molecule has 2 aromatic rings. The minimum Gasteiger partial charge on any atom is -0.493 e. The Hall–Kier alpha value is -1.88. The van der Waals surface area contributed by atoms with Crippen molar-refractivity contribution in [2.24, 2.45) is 5.73 Å². The van der Waals surface area contributed by atoms with Crippen LogP contribution in [0, 0.1) is 0 Å². The highest BCUT2D eigenvalue weighted by molar-refractivity contribution is 5.36. The van der Waals surface area contributed by atoms with Gasteiger partial charge in [-0.15, -0.1) is 0 Å². The molecule has 2 unspecified atom stereocenters. The number of para-hydroxylation sites is 1. The number of nitrogens with two attached hydrogens (primary N) is 1. The molecule has 2 N–H and O–H groups in total. The first kappa shape index (κ1) is 12.2. The normalized spacial score (nSPS) is 19.6. The topological polar surface area (TPSA) is 74.2 Å². The van der Waals surface area contributed by atoms with Crippen molar-refractivity contribution in [2.75, 3.05) is 6.61 Å².